The number of nitrogens with zero attached hydrogens (tertiary/aromatic N) is 4. The number of fused-ring (bicyclic) bond motifs is 2. The van der Waals surface area contributed by atoms with E-state index in [4.69, 9.17) is 30.5 Å². The number of hydrogen-bond donors (Lipinski definition) is 1. The van der Waals surface area contributed by atoms with E-state index in [2.05, 4.69) is 34.0 Å². The van der Waals surface area contributed by atoms with Crippen LogP contribution >= 0.6 is 11.6 Å². The lowest BCUT2D eigenvalue weighted by molar-refractivity contribution is 0.00336. The summed E-state index contributed by atoms with van der Waals surface area (Å²) < 4.78 is 72.8. The molecule has 4 atom stereocenters. The molecule has 2 aliphatic rings. The van der Waals surface area contributed by atoms with Crippen LogP contribution in [-0.4, -0.2) is 88.7 Å². The molecule has 6 rings (SSSR count). The highest BCUT2D eigenvalue weighted by Crippen LogP contribution is 2.37. The first-order valence-electron chi connectivity index (χ1n) is 15.2. The molecule has 1 N–H and O–H groups in total. The molecule has 2 aliphatic heterocycles. The van der Waals surface area contributed by atoms with Crippen molar-refractivity contribution in [3.8, 4) is 28.4 Å². The van der Waals surface area contributed by atoms with E-state index in [0.717, 1.165) is 6.04 Å². The zero-order valence-electron chi connectivity index (χ0n) is 26.7. The number of pyridine rings is 1. The maximum atomic E-state index is 15.8. The smallest absolute Gasteiger partial charge is 0.301 e. The maximum absolute atomic E-state index is 15.8. The summed E-state index contributed by atoms with van der Waals surface area (Å²) in [5.41, 5.74) is 1.51. The molecule has 0 unspecified atom stereocenters. The van der Waals surface area contributed by atoms with E-state index in [1.54, 1.807) is 28.8 Å². The first-order chi connectivity index (χ1) is 22.2. The van der Waals surface area contributed by atoms with Gasteiger partial charge in [-0.1, -0.05) is 49.4 Å². The molecule has 0 radical (unpaired) electrons. The molecule has 252 valence electrons. The molecule has 4 aromatic rings. The predicted octanol–water partition coefficient (Wildman–Crippen LogP) is 6.27. The van der Waals surface area contributed by atoms with Crippen molar-refractivity contribution >= 4 is 46.3 Å². The van der Waals surface area contributed by atoms with Gasteiger partial charge in [0.15, 0.2) is 23.4 Å². The van der Waals surface area contributed by atoms with E-state index in [0.29, 0.717) is 29.0 Å². The fourth-order valence-electron chi connectivity index (χ4n) is 5.53. The third kappa shape index (κ3) is 7.38. The highest BCUT2D eigenvalue weighted by Gasteiger charge is 2.49. The topological polar surface area (TPSA) is 117 Å². The van der Waals surface area contributed by atoms with Crippen molar-refractivity contribution in [3.63, 3.8) is 0 Å². The van der Waals surface area contributed by atoms with Gasteiger partial charge in [-0.3, -0.25) is 4.57 Å². The van der Waals surface area contributed by atoms with Gasteiger partial charge in [0.05, 0.1) is 29.6 Å². The van der Waals surface area contributed by atoms with Gasteiger partial charge in [0.25, 0.3) is 0 Å². The number of halogens is 3. The first-order valence-corrected chi connectivity index (χ1v) is 21.6. The van der Waals surface area contributed by atoms with Gasteiger partial charge in [-0.2, -0.15) is 9.35 Å². The summed E-state index contributed by atoms with van der Waals surface area (Å²) in [6.07, 6.45) is 0.782. The number of hydrogen-bond acceptors (Lipinski definition) is 9. The normalized spacial score (nSPS) is 21.4. The molecule has 2 aromatic carbocycles. The molecular formula is C32H37ClF2N4O6SSi. The Kier molecular flexibility index (Phi) is 9.48. The molecule has 0 spiro atoms. The van der Waals surface area contributed by atoms with Crippen LogP contribution < -0.4 is 4.74 Å². The van der Waals surface area contributed by atoms with Crippen LogP contribution in [0, 0.1) is 11.6 Å². The largest absolute Gasteiger partial charge is 0.456 e. The predicted molar refractivity (Wildman–Crippen MR) is 179 cm³/mol. The Balaban J connectivity index is 1.35. The minimum atomic E-state index is -2.37. The number of aliphatic hydroxyl groups is 1. The molecule has 15 heteroatoms. The van der Waals surface area contributed by atoms with E-state index in [9.17, 15) is 9.32 Å². The maximum Gasteiger partial charge on any atom is 0.301 e. The zero-order chi connectivity index (χ0) is 33.7. The van der Waals surface area contributed by atoms with Crippen molar-refractivity contribution in [3.05, 3.63) is 59.1 Å². The molecule has 0 saturated carbocycles. The molecule has 0 aliphatic carbocycles. The van der Waals surface area contributed by atoms with Crippen molar-refractivity contribution < 1.29 is 37.0 Å². The standard InChI is InChI=1S/C32H37ClF2N4O6SSi/c1-46(2,41)38-19-8-6-18(7-9-19)20-10-11-21(27(35)26(20)34)28-22(33)14-23-31(37-28)39(17-42-12-13-47(3,4)5)32(36-23)45-25-16-44-29-24(40)15-43-30(25)29/h6-11,14,24-25,29-30,40H,12-13,15-17H2,1-5H3/t24-,25-,29-,30-/m1/s1. The summed E-state index contributed by atoms with van der Waals surface area (Å²) in [7, 11) is -3.75. The zero-order valence-corrected chi connectivity index (χ0v) is 29.3. The summed E-state index contributed by atoms with van der Waals surface area (Å²) in [6.45, 7) is 7.64. The molecule has 47 heavy (non-hydrogen) atoms. The van der Waals surface area contributed by atoms with Crippen molar-refractivity contribution in [2.75, 3.05) is 32.3 Å². The Hall–Kier alpha value is -2.98. The van der Waals surface area contributed by atoms with Crippen molar-refractivity contribution in [1.82, 2.24) is 14.5 Å². The number of aliphatic hydroxyl groups excluding tert-OH is 1. The van der Waals surface area contributed by atoms with Gasteiger partial charge in [-0.15, -0.1) is 0 Å². The van der Waals surface area contributed by atoms with Crippen LogP contribution in [0.5, 0.6) is 6.01 Å². The summed E-state index contributed by atoms with van der Waals surface area (Å²) in [5.74, 6) is -2.18. The van der Waals surface area contributed by atoms with Gasteiger partial charge in [-0.25, -0.2) is 18.0 Å². The molecular weight excluding hydrogens is 670 g/mol. The van der Waals surface area contributed by atoms with Crippen molar-refractivity contribution in [1.29, 1.82) is 0 Å². The second-order valence-corrected chi connectivity index (χ2v) is 21.8. The van der Waals surface area contributed by atoms with Gasteiger partial charge in [0.2, 0.25) is 0 Å². The lowest BCUT2D eigenvalue weighted by Crippen LogP contribution is -2.35. The van der Waals surface area contributed by atoms with Gasteiger partial charge < -0.3 is 24.1 Å². The van der Waals surface area contributed by atoms with E-state index in [1.807, 2.05) is 0 Å². The average Bonchev–Trinajstić information content (AvgIpc) is 3.66. The van der Waals surface area contributed by atoms with Crippen molar-refractivity contribution in [2.45, 2.75) is 56.8 Å². The number of ether oxygens (including phenoxy) is 4. The van der Waals surface area contributed by atoms with Crippen LogP contribution in [0.4, 0.5) is 14.5 Å². The van der Waals surface area contributed by atoms with Gasteiger partial charge in [0.1, 0.15) is 30.6 Å². The van der Waals surface area contributed by atoms with E-state index >= 15 is 8.78 Å². The summed E-state index contributed by atoms with van der Waals surface area (Å²) in [4.78, 5) is 9.28. The fourth-order valence-corrected chi connectivity index (χ4v) is 7.16. The third-order valence-electron chi connectivity index (χ3n) is 7.94. The van der Waals surface area contributed by atoms with Crippen LogP contribution in [0.3, 0.4) is 0 Å². The quantitative estimate of drug-likeness (QED) is 0.151. The summed E-state index contributed by atoms with van der Waals surface area (Å²) in [5, 5.41) is 10.2. The Labute approximate surface area is 278 Å². The number of rotatable bonds is 10. The Morgan fingerprint density at radius 3 is 2.43 bits per heavy atom. The Morgan fingerprint density at radius 2 is 1.72 bits per heavy atom. The highest BCUT2D eigenvalue weighted by molar-refractivity contribution is 7.92. The van der Waals surface area contributed by atoms with Crippen molar-refractivity contribution in [2.24, 2.45) is 4.36 Å². The minimum Gasteiger partial charge on any atom is -0.456 e. The SMILES string of the molecule is C[Si](C)(C)CCOCn1c(O[C@@H]2CO[C@H]3[C@@H]2OC[C@H]3O)nc2cc(Cl)c(-c3ccc(-c4ccc(N=S(C)(C)=O)cc4)c(F)c3F)nc21. The Bertz CT molecular complexity index is 1920. The lowest BCUT2D eigenvalue weighted by Gasteiger charge is -2.19. The second-order valence-electron chi connectivity index (χ2n) is 13.3. The first kappa shape index (κ1) is 33.9. The molecule has 0 bridgehead atoms. The van der Waals surface area contributed by atoms with Crippen LogP contribution in [0.15, 0.2) is 46.8 Å². The summed E-state index contributed by atoms with van der Waals surface area (Å²) >= 11 is 6.62. The molecule has 2 aromatic heterocycles. The van der Waals surface area contributed by atoms with E-state index in [-0.39, 0.29) is 47.8 Å². The van der Waals surface area contributed by atoms with Crippen LogP contribution in [-0.2, 0) is 30.7 Å². The number of benzene rings is 2. The highest BCUT2D eigenvalue weighted by atomic mass is 35.5. The fraction of sp³-hybridized carbons (Fsp3) is 0.438. The third-order valence-corrected chi connectivity index (χ3v) is 10.6. The van der Waals surface area contributed by atoms with Gasteiger partial charge >= 0.3 is 6.01 Å². The van der Waals surface area contributed by atoms with Crippen LogP contribution in [0.25, 0.3) is 33.5 Å². The molecule has 10 nitrogen and oxygen atoms in total. The Morgan fingerprint density at radius 1 is 1.04 bits per heavy atom. The molecule has 4 heterocycles. The van der Waals surface area contributed by atoms with Gasteiger partial charge in [-0.05, 0) is 35.9 Å². The lowest BCUT2D eigenvalue weighted by atomic mass is 10.0. The van der Waals surface area contributed by atoms with Crippen LogP contribution in [0.1, 0.15) is 0 Å². The molecule has 0 amide bonds. The van der Waals surface area contributed by atoms with E-state index < -0.39 is 53.9 Å². The number of imidazole rings is 1. The number of aromatic nitrogens is 3. The summed E-state index contributed by atoms with van der Waals surface area (Å²) in [6, 6.07) is 11.9. The molecule has 2 fully saturated rings. The average molecular weight is 707 g/mol. The van der Waals surface area contributed by atoms with Crippen LogP contribution in [0.2, 0.25) is 30.7 Å². The van der Waals surface area contributed by atoms with Gasteiger partial charge in [0, 0.05) is 48.0 Å². The monoisotopic (exact) mass is 706 g/mol. The van der Waals surface area contributed by atoms with E-state index in [1.165, 1.54) is 30.7 Å². The molecule has 2 saturated heterocycles. The second kappa shape index (κ2) is 13.1. The minimum absolute atomic E-state index is 0.0261.